The fourth-order valence-corrected chi connectivity index (χ4v) is 3.61. The van der Waals surface area contributed by atoms with Gasteiger partial charge in [0.2, 0.25) is 5.91 Å². The molecule has 0 radical (unpaired) electrons. The van der Waals surface area contributed by atoms with Gasteiger partial charge in [0.25, 0.3) is 0 Å². The number of carbonyl (C=O) groups is 2. The first-order valence-electron chi connectivity index (χ1n) is 9.42. The van der Waals surface area contributed by atoms with E-state index in [-0.39, 0.29) is 11.7 Å². The van der Waals surface area contributed by atoms with E-state index in [4.69, 9.17) is 0 Å². The first-order valence-corrected chi connectivity index (χ1v) is 9.42. The third-order valence-electron chi connectivity index (χ3n) is 5.38. The van der Waals surface area contributed by atoms with Crippen molar-refractivity contribution >= 4 is 11.7 Å². The first-order chi connectivity index (χ1) is 10.6. The summed E-state index contributed by atoms with van der Waals surface area (Å²) in [5.74, 6) is 1.10. The summed E-state index contributed by atoms with van der Waals surface area (Å²) in [6.45, 7) is 7.15. The van der Waals surface area contributed by atoms with Gasteiger partial charge in [0, 0.05) is 13.0 Å². The largest absolute Gasteiger partial charge is 0.355 e. The Hall–Kier alpha value is -0.860. The highest BCUT2D eigenvalue weighted by Crippen LogP contribution is 2.25. The quantitative estimate of drug-likeness (QED) is 0.780. The van der Waals surface area contributed by atoms with E-state index < -0.39 is 5.92 Å². The summed E-state index contributed by atoms with van der Waals surface area (Å²) in [7, 11) is 0. The molecule has 3 atom stereocenters. The van der Waals surface area contributed by atoms with Gasteiger partial charge in [0.1, 0.15) is 5.78 Å². The Morgan fingerprint density at radius 3 is 2.05 bits per heavy atom. The molecule has 3 heteroatoms. The zero-order chi connectivity index (χ0) is 16.4. The molecular weight excluding hydrogens is 274 g/mol. The highest BCUT2D eigenvalue weighted by molar-refractivity contribution is 6.01. The van der Waals surface area contributed by atoms with Gasteiger partial charge in [-0.3, -0.25) is 9.59 Å². The van der Waals surface area contributed by atoms with Gasteiger partial charge in [0.05, 0.1) is 5.92 Å². The summed E-state index contributed by atoms with van der Waals surface area (Å²) < 4.78 is 0. The lowest BCUT2D eigenvalue weighted by atomic mass is 9.86. The molecule has 128 valence electrons. The number of carbonyl (C=O) groups excluding carboxylic acids is 2. The molecule has 0 unspecified atom stereocenters. The van der Waals surface area contributed by atoms with Crippen LogP contribution in [-0.4, -0.2) is 18.2 Å². The standard InChI is InChI=1S/C19H35NO2/c1-4-15-9-7-10-16(5-2)12-13-18(21)17(6-3)19(22)20-14-8-11-15/h15-17H,4-14H2,1-3H3,(H,20,22)/t15-,16+,17+/m0/s1. The molecule has 22 heavy (non-hydrogen) atoms. The fraction of sp³-hybridized carbons (Fsp3) is 0.895. The second-order valence-corrected chi connectivity index (χ2v) is 6.88. The van der Waals surface area contributed by atoms with Gasteiger partial charge < -0.3 is 5.32 Å². The van der Waals surface area contributed by atoms with Crippen LogP contribution in [0.3, 0.4) is 0 Å². The molecule has 1 saturated heterocycles. The molecule has 0 aromatic rings. The fourth-order valence-electron chi connectivity index (χ4n) is 3.61. The van der Waals surface area contributed by atoms with Crippen LogP contribution in [0.1, 0.15) is 85.0 Å². The average Bonchev–Trinajstić information content (AvgIpc) is 2.52. The van der Waals surface area contributed by atoms with Crippen molar-refractivity contribution in [3.05, 3.63) is 0 Å². The van der Waals surface area contributed by atoms with Crippen molar-refractivity contribution in [1.29, 1.82) is 0 Å². The SMILES string of the molecule is CC[C@@H]1CCCNC(=O)[C@H](CC)C(=O)CC[C@H](CC)CCC1. The van der Waals surface area contributed by atoms with Crippen LogP contribution in [0.5, 0.6) is 0 Å². The number of hydrogen-bond acceptors (Lipinski definition) is 2. The predicted molar refractivity (Wildman–Crippen MR) is 91.7 cm³/mol. The minimum atomic E-state index is -0.428. The normalized spacial score (nSPS) is 29.7. The van der Waals surface area contributed by atoms with Gasteiger partial charge in [-0.15, -0.1) is 0 Å². The third kappa shape index (κ3) is 6.50. The Morgan fingerprint density at radius 2 is 1.45 bits per heavy atom. The molecule has 0 aromatic heterocycles. The van der Waals surface area contributed by atoms with Crippen LogP contribution >= 0.6 is 0 Å². The maximum atomic E-state index is 12.3. The zero-order valence-corrected chi connectivity index (χ0v) is 14.8. The average molecular weight is 309 g/mol. The van der Waals surface area contributed by atoms with Crippen molar-refractivity contribution < 1.29 is 9.59 Å². The van der Waals surface area contributed by atoms with Crippen LogP contribution in [0, 0.1) is 17.8 Å². The molecule has 1 rings (SSSR count). The number of rotatable bonds is 3. The van der Waals surface area contributed by atoms with Gasteiger partial charge in [0.15, 0.2) is 0 Å². The Morgan fingerprint density at radius 1 is 0.864 bits per heavy atom. The zero-order valence-electron chi connectivity index (χ0n) is 14.8. The molecule has 1 N–H and O–H groups in total. The molecule has 1 fully saturated rings. The highest BCUT2D eigenvalue weighted by Gasteiger charge is 2.25. The summed E-state index contributed by atoms with van der Waals surface area (Å²) in [5.41, 5.74) is 0. The van der Waals surface area contributed by atoms with E-state index in [0.29, 0.717) is 18.8 Å². The molecule has 3 nitrogen and oxygen atoms in total. The minimum absolute atomic E-state index is 0.0503. The molecule has 1 heterocycles. The van der Waals surface area contributed by atoms with E-state index in [1.54, 1.807) is 0 Å². The van der Waals surface area contributed by atoms with Crippen molar-refractivity contribution in [3.8, 4) is 0 Å². The molecule has 1 amide bonds. The van der Waals surface area contributed by atoms with Crippen LogP contribution in [-0.2, 0) is 9.59 Å². The summed E-state index contributed by atoms with van der Waals surface area (Å²) in [4.78, 5) is 24.5. The molecule has 0 spiro atoms. The van der Waals surface area contributed by atoms with Gasteiger partial charge in [-0.2, -0.15) is 0 Å². The van der Waals surface area contributed by atoms with Crippen molar-refractivity contribution in [2.45, 2.75) is 85.0 Å². The molecular formula is C19H35NO2. The van der Waals surface area contributed by atoms with Crippen LogP contribution in [0.15, 0.2) is 0 Å². The van der Waals surface area contributed by atoms with Crippen molar-refractivity contribution in [1.82, 2.24) is 5.32 Å². The Balaban J connectivity index is 2.67. The minimum Gasteiger partial charge on any atom is -0.355 e. The van der Waals surface area contributed by atoms with E-state index in [1.807, 2.05) is 6.92 Å². The van der Waals surface area contributed by atoms with E-state index in [0.717, 1.165) is 31.7 Å². The number of nitrogens with one attached hydrogen (secondary N) is 1. The second-order valence-electron chi connectivity index (χ2n) is 6.88. The molecule has 0 saturated carbocycles. The van der Waals surface area contributed by atoms with Crippen LogP contribution in [0.2, 0.25) is 0 Å². The summed E-state index contributed by atoms with van der Waals surface area (Å²) >= 11 is 0. The van der Waals surface area contributed by atoms with Gasteiger partial charge in [-0.1, -0.05) is 52.9 Å². The Kier molecular flexibility index (Phi) is 9.42. The van der Waals surface area contributed by atoms with Gasteiger partial charge in [-0.25, -0.2) is 0 Å². The topological polar surface area (TPSA) is 46.2 Å². The third-order valence-corrected chi connectivity index (χ3v) is 5.38. The summed E-state index contributed by atoms with van der Waals surface area (Å²) in [5, 5.41) is 2.98. The Bertz CT molecular complexity index is 340. The number of hydrogen-bond donors (Lipinski definition) is 1. The molecule has 1 aliphatic heterocycles. The van der Waals surface area contributed by atoms with Crippen molar-refractivity contribution in [2.24, 2.45) is 17.8 Å². The Labute approximate surface area is 136 Å². The van der Waals surface area contributed by atoms with E-state index in [2.05, 4.69) is 19.2 Å². The van der Waals surface area contributed by atoms with Crippen molar-refractivity contribution in [2.75, 3.05) is 6.54 Å². The monoisotopic (exact) mass is 309 g/mol. The molecule has 0 bridgehead atoms. The lowest BCUT2D eigenvalue weighted by Crippen LogP contribution is -2.36. The number of Topliss-reactive ketones (excluding diaryl/α,β-unsaturated/α-hetero) is 1. The van der Waals surface area contributed by atoms with Gasteiger partial charge in [-0.05, 0) is 37.5 Å². The molecule has 0 aromatic carbocycles. The lowest BCUT2D eigenvalue weighted by molar-refractivity contribution is -0.134. The summed E-state index contributed by atoms with van der Waals surface area (Å²) in [6, 6.07) is 0. The molecule has 1 aliphatic rings. The summed E-state index contributed by atoms with van der Waals surface area (Å²) in [6.07, 6.45) is 10.6. The maximum absolute atomic E-state index is 12.3. The van der Waals surface area contributed by atoms with Crippen LogP contribution < -0.4 is 5.32 Å². The smallest absolute Gasteiger partial charge is 0.230 e. The van der Waals surface area contributed by atoms with E-state index in [1.165, 1.54) is 32.1 Å². The van der Waals surface area contributed by atoms with Crippen LogP contribution in [0.25, 0.3) is 0 Å². The highest BCUT2D eigenvalue weighted by atomic mass is 16.2. The van der Waals surface area contributed by atoms with E-state index in [9.17, 15) is 9.59 Å². The predicted octanol–water partition coefficient (Wildman–Crippen LogP) is 4.49. The second kappa shape index (κ2) is 10.8. The number of ketones is 1. The number of amides is 1. The van der Waals surface area contributed by atoms with E-state index >= 15 is 0 Å². The first kappa shape index (κ1) is 19.2. The van der Waals surface area contributed by atoms with Crippen molar-refractivity contribution in [3.63, 3.8) is 0 Å². The maximum Gasteiger partial charge on any atom is 0.230 e. The van der Waals surface area contributed by atoms with Gasteiger partial charge >= 0.3 is 0 Å². The van der Waals surface area contributed by atoms with Crippen LogP contribution in [0.4, 0.5) is 0 Å². The lowest BCUT2D eigenvalue weighted by Gasteiger charge is -2.21. The molecule has 0 aliphatic carbocycles.